The van der Waals surface area contributed by atoms with Crippen molar-refractivity contribution < 1.29 is 5.11 Å². The molecule has 1 heterocycles. The minimum Gasteiger partial charge on any atom is -0.505 e. The number of rotatable bonds is 5. The van der Waals surface area contributed by atoms with Gasteiger partial charge in [0, 0.05) is 11.7 Å². The van der Waals surface area contributed by atoms with E-state index in [-0.39, 0.29) is 15.8 Å². The number of anilines is 1. The molecule has 1 atom stereocenters. The van der Waals surface area contributed by atoms with Crippen molar-refractivity contribution >= 4 is 28.9 Å². The smallest absolute Gasteiger partial charge is 0.152 e. The Morgan fingerprint density at radius 2 is 1.86 bits per heavy atom. The molecule has 1 fully saturated rings. The molecule has 0 bridgehead atoms. The Morgan fingerprint density at radius 1 is 1.29 bits per heavy atom. The highest BCUT2D eigenvalue weighted by molar-refractivity contribution is 6.37. The Balaban J connectivity index is 1.92. The molecule has 1 aliphatic heterocycles. The van der Waals surface area contributed by atoms with Gasteiger partial charge in [0.25, 0.3) is 0 Å². The van der Waals surface area contributed by atoms with Crippen LogP contribution in [-0.2, 0) is 0 Å². The summed E-state index contributed by atoms with van der Waals surface area (Å²) in [6.07, 6.45) is 3.66. The highest BCUT2D eigenvalue weighted by Gasteiger charge is 2.23. The van der Waals surface area contributed by atoms with Crippen molar-refractivity contribution in [2.45, 2.75) is 39.2 Å². The number of phenols is 1. The van der Waals surface area contributed by atoms with Crippen molar-refractivity contribution in [2.75, 3.05) is 25.0 Å². The highest BCUT2D eigenvalue weighted by Crippen LogP contribution is 2.35. The lowest BCUT2D eigenvalue weighted by Gasteiger charge is -2.35. The maximum Gasteiger partial charge on any atom is 0.152 e. The van der Waals surface area contributed by atoms with Crippen LogP contribution < -0.4 is 5.32 Å². The molecule has 1 saturated heterocycles. The van der Waals surface area contributed by atoms with Gasteiger partial charge in [-0.05, 0) is 63.9 Å². The third kappa shape index (κ3) is 4.41. The van der Waals surface area contributed by atoms with Gasteiger partial charge in [-0.1, -0.05) is 30.1 Å². The summed E-state index contributed by atoms with van der Waals surface area (Å²) >= 11 is 11.9. The third-order valence-electron chi connectivity index (χ3n) is 4.29. The quantitative estimate of drug-likeness (QED) is 0.773. The van der Waals surface area contributed by atoms with Crippen LogP contribution >= 0.6 is 23.2 Å². The van der Waals surface area contributed by atoms with Crippen LogP contribution in [0.2, 0.25) is 10.0 Å². The summed E-state index contributed by atoms with van der Waals surface area (Å²) < 4.78 is 0. The van der Waals surface area contributed by atoms with Crippen LogP contribution in [0.1, 0.15) is 33.1 Å². The lowest BCUT2D eigenvalue weighted by Crippen LogP contribution is -2.39. The summed E-state index contributed by atoms with van der Waals surface area (Å²) in [5.74, 6) is 0.605. The van der Waals surface area contributed by atoms with E-state index >= 15 is 0 Å². The van der Waals surface area contributed by atoms with Gasteiger partial charge in [0.2, 0.25) is 0 Å². The van der Waals surface area contributed by atoms with Gasteiger partial charge in [-0.25, -0.2) is 0 Å². The standard InChI is InChI=1S/C16H24Cl2N2O/c1-3-6-20-7-4-12(5-8-20)11(2)19-13-9-14(17)16(21)15(18)10-13/h9-12,19,21H,3-8H2,1-2H3. The molecule has 0 spiro atoms. The first-order chi connectivity index (χ1) is 10.0. The van der Waals surface area contributed by atoms with E-state index in [4.69, 9.17) is 23.2 Å². The van der Waals surface area contributed by atoms with E-state index in [1.165, 1.54) is 38.9 Å². The molecule has 118 valence electrons. The van der Waals surface area contributed by atoms with Crippen molar-refractivity contribution in [3.05, 3.63) is 22.2 Å². The SMILES string of the molecule is CCCN1CCC(C(C)Nc2cc(Cl)c(O)c(Cl)c2)CC1. The van der Waals surface area contributed by atoms with E-state index in [0.717, 1.165) is 5.69 Å². The van der Waals surface area contributed by atoms with Crippen LogP contribution in [0.3, 0.4) is 0 Å². The minimum absolute atomic E-state index is 0.0515. The number of phenolic OH excluding ortho intramolecular Hbond substituents is 1. The molecule has 1 unspecified atom stereocenters. The summed E-state index contributed by atoms with van der Waals surface area (Å²) in [6.45, 7) is 8.00. The molecule has 0 amide bonds. The molecule has 0 radical (unpaired) electrons. The number of nitrogens with one attached hydrogen (secondary N) is 1. The Labute approximate surface area is 137 Å². The zero-order chi connectivity index (χ0) is 15.4. The van der Waals surface area contributed by atoms with Crippen LogP contribution in [0.25, 0.3) is 0 Å². The highest BCUT2D eigenvalue weighted by atomic mass is 35.5. The summed E-state index contributed by atoms with van der Waals surface area (Å²) in [5, 5.41) is 13.6. The molecule has 2 N–H and O–H groups in total. The van der Waals surface area contributed by atoms with Crippen molar-refractivity contribution in [3.8, 4) is 5.75 Å². The Bertz CT molecular complexity index is 450. The molecule has 1 aromatic rings. The second-order valence-electron chi connectivity index (χ2n) is 5.90. The first kappa shape index (κ1) is 16.7. The lowest BCUT2D eigenvalue weighted by atomic mass is 9.90. The van der Waals surface area contributed by atoms with Crippen molar-refractivity contribution in [3.63, 3.8) is 0 Å². The van der Waals surface area contributed by atoms with Gasteiger partial charge in [-0.3, -0.25) is 0 Å². The second-order valence-corrected chi connectivity index (χ2v) is 6.71. The maximum atomic E-state index is 9.60. The number of hydrogen-bond donors (Lipinski definition) is 2. The summed E-state index contributed by atoms with van der Waals surface area (Å²) in [7, 11) is 0. The average Bonchev–Trinajstić information content (AvgIpc) is 2.45. The van der Waals surface area contributed by atoms with E-state index in [1.54, 1.807) is 12.1 Å². The first-order valence-corrected chi connectivity index (χ1v) is 8.43. The van der Waals surface area contributed by atoms with Crippen LogP contribution in [0.4, 0.5) is 5.69 Å². The molecule has 1 aromatic carbocycles. The largest absolute Gasteiger partial charge is 0.505 e. The van der Waals surface area contributed by atoms with Gasteiger partial charge < -0.3 is 15.3 Å². The van der Waals surface area contributed by atoms with Gasteiger partial charge in [0.05, 0.1) is 10.0 Å². The van der Waals surface area contributed by atoms with Gasteiger partial charge in [0.15, 0.2) is 5.75 Å². The zero-order valence-electron chi connectivity index (χ0n) is 12.7. The molecule has 2 rings (SSSR count). The van der Waals surface area contributed by atoms with E-state index in [9.17, 15) is 5.11 Å². The number of halogens is 2. The summed E-state index contributed by atoms with van der Waals surface area (Å²) in [4.78, 5) is 2.54. The van der Waals surface area contributed by atoms with E-state index in [1.807, 2.05) is 0 Å². The molecule has 0 saturated carbocycles. The van der Waals surface area contributed by atoms with Crippen molar-refractivity contribution in [2.24, 2.45) is 5.92 Å². The third-order valence-corrected chi connectivity index (χ3v) is 4.87. The van der Waals surface area contributed by atoms with Gasteiger partial charge in [0.1, 0.15) is 0 Å². The Morgan fingerprint density at radius 3 is 2.38 bits per heavy atom. The second kappa shape index (κ2) is 7.57. The number of benzene rings is 1. The van der Waals surface area contributed by atoms with Crippen LogP contribution in [-0.4, -0.2) is 35.7 Å². The first-order valence-electron chi connectivity index (χ1n) is 7.68. The average molecular weight is 331 g/mol. The molecular weight excluding hydrogens is 307 g/mol. The normalized spacial score (nSPS) is 18.7. The number of likely N-dealkylation sites (tertiary alicyclic amines) is 1. The monoisotopic (exact) mass is 330 g/mol. The molecule has 1 aliphatic rings. The predicted octanol–water partition coefficient (Wildman–Crippen LogP) is 4.62. The molecule has 5 heteroatoms. The van der Waals surface area contributed by atoms with Gasteiger partial charge in [-0.2, -0.15) is 0 Å². The number of aromatic hydroxyl groups is 1. The van der Waals surface area contributed by atoms with Gasteiger partial charge in [-0.15, -0.1) is 0 Å². The fourth-order valence-corrected chi connectivity index (χ4v) is 3.51. The Hall–Kier alpha value is -0.640. The van der Waals surface area contributed by atoms with E-state index in [0.29, 0.717) is 12.0 Å². The summed E-state index contributed by atoms with van der Waals surface area (Å²) in [5.41, 5.74) is 0.867. The fraction of sp³-hybridized carbons (Fsp3) is 0.625. The number of nitrogens with zero attached hydrogens (tertiary/aromatic N) is 1. The van der Waals surface area contributed by atoms with Crippen LogP contribution in [0.15, 0.2) is 12.1 Å². The predicted molar refractivity (Wildman–Crippen MR) is 90.7 cm³/mol. The minimum atomic E-state index is -0.0515. The molecule has 21 heavy (non-hydrogen) atoms. The maximum absolute atomic E-state index is 9.60. The summed E-state index contributed by atoms with van der Waals surface area (Å²) in [6, 6.07) is 3.82. The zero-order valence-corrected chi connectivity index (χ0v) is 14.2. The number of piperidine rings is 1. The van der Waals surface area contributed by atoms with Crippen LogP contribution in [0.5, 0.6) is 5.75 Å². The topological polar surface area (TPSA) is 35.5 Å². The van der Waals surface area contributed by atoms with Crippen molar-refractivity contribution in [1.29, 1.82) is 0 Å². The van der Waals surface area contributed by atoms with E-state index in [2.05, 4.69) is 24.1 Å². The number of hydrogen-bond acceptors (Lipinski definition) is 3. The van der Waals surface area contributed by atoms with Gasteiger partial charge >= 0.3 is 0 Å². The molecule has 3 nitrogen and oxygen atoms in total. The van der Waals surface area contributed by atoms with Crippen molar-refractivity contribution in [1.82, 2.24) is 4.90 Å². The van der Waals surface area contributed by atoms with Crippen LogP contribution in [0, 0.1) is 5.92 Å². The van der Waals surface area contributed by atoms with E-state index < -0.39 is 0 Å². The fourth-order valence-electron chi connectivity index (χ4n) is 3.02. The molecule has 0 aliphatic carbocycles. The Kier molecular flexibility index (Phi) is 6.03. The molecular formula is C16H24Cl2N2O. The molecule has 0 aromatic heterocycles. The lowest BCUT2D eigenvalue weighted by molar-refractivity contribution is 0.176.